The summed E-state index contributed by atoms with van der Waals surface area (Å²) in [7, 11) is 0. The van der Waals surface area contributed by atoms with Crippen LogP contribution >= 0.6 is 27.3 Å². The van der Waals surface area contributed by atoms with Crippen molar-refractivity contribution in [1.29, 1.82) is 0 Å². The molecule has 2 saturated heterocycles. The minimum atomic E-state index is 0.624. The molecule has 7 heteroatoms. The quantitative estimate of drug-likeness (QED) is 0.902. The highest BCUT2D eigenvalue weighted by Gasteiger charge is 2.35. The predicted molar refractivity (Wildman–Crippen MR) is 85.1 cm³/mol. The van der Waals surface area contributed by atoms with Gasteiger partial charge < -0.3 is 9.73 Å². The van der Waals surface area contributed by atoms with Crippen molar-refractivity contribution in [2.75, 3.05) is 19.6 Å². The Balaban J connectivity index is 1.48. The molecule has 1 N–H and O–H groups in total. The molecule has 2 fully saturated rings. The van der Waals surface area contributed by atoms with Crippen molar-refractivity contribution in [3.63, 3.8) is 0 Å². The van der Waals surface area contributed by atoms with Crippen LogP contribution in [0.4, 0.5) is 0 Å². The van der Waals surface area contributed by atoms with Gasteiger partial charge in [0.15, 0.2) is 0 Å². The number of nitrogens with one attached hydrogen (secondary N) is 1. The van der Waals surface area contributed by atoms with E-state index in [1.807, 2.05) is 12.1 Å². The second-order valence-corrected chi connectivity index (χ2v) is 8.17. The Bertz CT molecular complexity index is 628. The number of hydrogen-bond acceptors (Lipinski definition) is 6. The highest BCUT2D eigenvalue weighted by Crippen LogP contribution is 2.31. The standard InChI is InChI=1S/C14H17BrN4OS/c15-12-4-3-11(21-12)14-18-17-13(20-14)8-19-5-1-2-9-6-16-7-10(9)19/h3-4,9-10,16H,1-2,5-8H2. The molecule has 2 aliphatic rings. The van der Waals surface area contributed by atoms with Crippen LogP contribution in [0.1, 0.15) is 18.7 Å². The van der Waals surface area contributed by atoms with Gasteiger partial charge in [-0.15, -0.1) is 21.5 Å². The van der Waals surface area contributed by atoms with Gasteiger partial charge >= 0.3 is 0 Å². The Morgan fingerprint density at radius 1 is 1.38 bits per heavy atom. The zero-order valence-corrected chi connectivity index (χ0v) is 14.0. The molecule has 0 spiro atoms. The number of nitrogens with zero attached hydrogens (tertiary/aromatic N) is 3. The van der Waals surface area contributed by atoms with Crippen molar-refractivity contribution < 1.29 is 4.42 Å². The molecular weight excluding hydrogens is 352 g/mol. The van der Waals surface area contributed by atoms with E-state index in [0.29, 0.717) is 11.9 Å². The van der Waals surface area contributed by atoms with Crippen molar-refractivity contribution in [3.8, 4) is 10.8 Å². The maximum absolute atomic E-state index is 5.84. The Kier molecular flexibility index (Phi) is 3.83. The number of piperidine rings is 1. The first kappa shape index (κ1) is 13.9. The monoisotopic (exact) mass is 368 g/mol. The van der Waals surface area contributed by atoms with Crippen LogP contribution < -0.4 is 5.32 Å². The van der Waals surface area contributed by atoms with E-state index in [0.717, 1.165) is 46.7 Å². The molecule has 2 aromatic heterocycles. The van der Waals surface area contributed by atoms with Crippen LogP contribution in [0.5, 0.6) is 0 Å². The van der Waals surface area contributed by atoms with Gasteiger partial charge in [-0.3, -0.25) is 4.90 Å². The van der Waals surface area contributed by atoms with E-state index in [2.05, 4.69) is 36.3 Å². The highest BCUT2D eigenvalue weighted by molar-refractivity contribution is 9.11. The molecule has 0 aromatic carbocycles. The smallest absolute Gasteiger partial charge is 0.257 e. The van der Waals surface area contributed by atoms with E-state index >= 15 is 0 Å². The molecule has 4 heterocycles. The normalized spacial score (nSPS) is 26.1. The van der Waals surface area contributed by atoms with Crippen molar-refractivity contribution in [1.82, 2.24) is 20.4 Å². The van der Waals surface area contributed by atoms with E-state index in [-0.39, 0.29) is 0 Å². The maximum Gasteiger partial charge on any atom is 0.257 e. The third-order valence-electron chi connectivity index (χ3n) is 4.38. The van der Waals surface area contributed by atoms with Crippen LogP contribution in [0, 0.1) is 5.92 Å². The van der Waals surface area contributed by atoms with Crippen LogP contribution in [0.15, 0.2) is 20.3 Å². The summed E-state index contributed by atoms with van der Waals surface area (Å²) in [4.78, 5) is 3.51. The molecule has 2 atom stereocenters. The Morgan fingerprint density at radius 2 is 2.33 bits per heavy atom. The molecule has 5 nitrogen and oxygen atoms in total. The minimum absolute atomic E-state index is 0.624. The number of aromatic nitrogens is 2. The van der Waals surface area contributed by atoms with Crippen LogP contribution in [-0.4, -0.2) is 40.8 Å². The first-order valence-electron chi connectivity index (χ1n) is 7.32. The van der Waals surface area contributed by atoms with Crippen molar-refractivity contribution in [2.45, 2.75) is 25.4 Å². The predicted octanol–water partition coefficient (Wildman–Crippen LogP) is 2.74. The zero-order chi connectivity index (χ0) is 14.2. The molecule has 0 bridgehead atoms. The Labute approximate surface area is 135 Å². The molecule has 0 radical (unpaired) electrons. The number of rotatable bonds is 3. The summed E-state index contributed by atoms with van der Waals surface area (Å²) in [5.74, 6) is 2.13. The van der Waals surface area contributed by atoms with E-state index in [4.69, 9.17) is 4.42 Å². The number of likely N-dealkylation sites (tertiary alicyclic amines) is 1. The van der Waals surface area contributed by atoms with Gasteiger partial charge in [0.2, 0.25) is 5.89 Å². The largest absolute Gasteiger partial charge is 0.419 e. The average Bonchev–Trinajstić information content (AvgIpc) is 3.18. The minimum Gasteiger partial charge on any atom is -0.419 e. The number of fused-ring (bicyclic) bond motifs is 1. The van der Waals surface area contributed by atoms with Gasteiger partial charge in [-0.05, 0) is 59.9 Å². The molecule has 2 aromatic rings. The maximum atomic E-state index is 5.84. The molecule has 4 rings (SSSR count). The van der Waals surface area contributed by atoms with E-state index in [1.54, 1.807) is 11.3 Å². The second kappa shape index (κ2) is 5.79. The van der Waals surface area contributed by atoms with Gasteiger partial charge in [0.05, 0.1) is 15.2 Å². The fourth-order valence-corrected chi connectivity index (χ4v) is 4.69. The van der Waals surface area contributed by atoms with Gasteiger partial charge in [0, 0.05) is 12.6 Å². The second-order valence-electron chi connectivity index (χ2n) is 5.70. The topological polar surface area (TPSA) is 54.2 Å². The summed E-state index contributed by atoms with van der Waals surface area (Å²) in [5.41, 5.74) is 0. The number of thiophene rings is 1. The van der Waals surface area contributed by atoms with Crippen molar-refractivity contribution >= 4 is 27.3 Å². The van der Waals surface area contributed by atoms with Gasteiger partial charge in [0.25, 0.3) is 5.89 Å². The van der Waals surface area contributed by atoms with Gasteiger partial charge in [0.1, 0.15) is 0 Å². The summed E-state index contributed by atoms with van der Waals surface area (Å²) in [6, 6.07) is 4.64. The van der Waals surface area contributed by atoms with Gasteiger partial charge in [-0.2, -0.15) is 0 Å². The fraction of sp³-hybridized carbons (Fsp3) is 0.571. The molecule has 112 valence electrons. The SMILES string of the molecule is Brc1ccc(-c2nnc(CN3CCCC4CNCC43)o2)s1. The third kappa shape index (κ3) is 2.79. The lowest BCUT2D eigenvalue weighted by molar-refractivity contribution is 0.107. The van der Waals surface area contributed by atoms with Gasteiger partial charge in [-0.1, -0.05) is 0 Å². The number of hydrogen-bond donors (Lipinski definition) is 1. The summed E-state index contributed by atoms with van der Waals surface area (Å²) in [6.45, 7) is 4.14. The number of halogens is 1. The third-order valence-corrected chi connectivity index (χ3v) is 5.99. The summed E-state index contributed by atoms with van der Waals surface area (Å²) < 4.78 is 6.92. The van der Waals surface area contributed by atoms with Crippen LogP contribution in [0.2, 0.25) is 0 Å². The summed E-state index contributed by atoms with van der Waals surface area (Å²) in [5, 5.41) is 11.9. The Morgan fingerprint density at radius 3 is 3.19 bits per heavy atom. The van der Waals surface area contributed by atoms with Crippen molar-refractivity contribution in [2.24, 2.45) is 5.92 Å². The lowest BCUT2D eigenvalue weighted by Crippen LogP contribution is -2.44. The van der Waals surface area contributed by atoms with E-state index in [1.165, 1.54) is 12.8 Å². The lowest BCUT2D eigenvalue weighted by atomic mass is 9.92. The molecule has 0 amide bonds. The van der Waals surface area contributed by atoms with Crippen LogP contribution in [-0.2, 0) is 6.54 Å². The van der Waals surface area contributed by atoms with Crippen molar-refractivity contribution in [3.05, 3.63) is 21.8 Å². The lowest BCUT2D eigenvalue weighted by Gasteiger charge is -2.35. The van der Waals surface area contributed by atoms with E-state index < -0.39 is 0 Å². The summed E-state index contributed by atoms with van der Waals surface area (Å²) >= 11 is 5.07. The fourth-order valence-electron chi connectivity index (χ4n) is 3.38. The highest BCUT2D eigenvalue weighted by atomic mass is 79.9. The molecule has 0 aliphatic carbocycles. The molecule has 2 aliphatic heterocycles. The molecule has 2 unspecified atom stereocenters. The first-order chi connectivity index (χ1) is 10.3. The average molecular weight is 369 g/mol. The zero-order valence-electron chi connectivity index (χ0n) is 11.6. The van der Waals surface area contributed by atoms with Gasteiger partial charge in [-0.25, -0.2) is 0 Å². The van der Waals surface area contributed by atoms with Crippen LogP contribution in [0.3, 0.4) is 0 Å². The van der Waals surface area contributed by atoms with E-state index in [9.17, 15) is 0 Å². The first-order valence-corrected chi connectivity index (χ1v) is 8.93. The van der Waals surface area contributed by atoms with Crippen LogP contribution in [0.25, 0.3) is 10.8 Å². The Hall–Kier alpha value is -0.760. The molecule has 0 saturated carbocycles. The molecule has 21 heavy (non-hydrogen) atoms. The summed E-state index contributed by atoms with van der Waals surface area (Å²) in [6.07, 6.45) is 2.61. The molecular formula is C14H17BrN4OS.